The monoisotopic (exact) mass is 203 g/mol. The van der Waals surface area contributed by atoms with Crippen LogP contribution in [0.2, 0.25) is 0 Å². The molecular formula is C6H4BF2NO4. The van der Waals surface area contributed by atoms with E-state index in [4.69, 9.17) is 10.0 Å². The van der Waals surface area contributed by atoms with Crippen LogP contribution in [0.3, 0.4) is 0 Å². The summed E-state index contributed by atoms with van der Waals surface area (Å²) in [6.07, 6.45) is 0. The molecule has 0 aliphatic rings. The fourth-order valence-electron chi connectivity index (χ4n) is 0.978. The van der Waals surface area contributed by atoms with Gasteiger partial charge in [0.2, 0.25) is 0 Å². The molecule has 74 valence electrons. The molecule has 0 saturated heterocycles. The topological polar surface area (TPSA) is 83.6 Å². The molecule has 0 aromatic heterocycles. The first-order valence-electron chi connectivity index (χ1n) is 3.43. The zero-order valence-electron chi connectivity index (χ0n) is 6.65. The molecule has 0 heterocycles. The molecule has 0 amide bonds. The van der Waals surface area contributed by atoms with Gasteiger partial charge in [0, 0.05) is 6.07 Å². The van der Waals surface area contributed by atoms with Gasteiger partial charge >= 0.3 is 7.12 Å². The van der Waals surface area contributed by atoms with E-state index in [1.54, 1.807) is 0 Å². The lowest BCUT2D eigenvalue weighted by atomic mass is 9.78. The first-order valence-corrected chi connectivity index (χ1v) is 3.43. The molecule has 1 aromatic carbocycles. The predicted molar refractivity (Wildman–Crippen MR) is 42.8 cm³/mol. The summed E-state index contributed by atoms with van der Waals surface area (Å²) < 4.78 is 25.4. The Labute approximate surface area is 76.9 Å². The van der Waals surface area contributed by atoms with E-state index in [-0.39, 0.29) is 0 Å². The van der Waals surface area contributed by atoms with Gasteiger partial charge in [0.1, 0.15) is 11.6 Å². The number of hydrogen-bond acceptors (Lipinski definition) is 4. The molecule has 0 fully saturated rings. The minimum Gasteiger partial charge on any atom is -0.423 e. The Kier molecular flexibility index (Phi) is 2.77. The molecule has 0 bridgehead atoms. The van der Waals surface area contributed by atoms with Crippen molar-refractivity contribution in [2.24, 2.45) is 0 Å². The first kappa shape index (κ1) is 10.5. The fraction of sp³-hybridized carbons (Fsp3) is 0. The third kappa shape index (κ3) is 1.86. The van der Waals surface area contributed by atoms with Crippen LogP contribution >= 0.6 is 0 Å². The van der Waals surface area contributed by atoms with Crippen LogP contribution in [0.5, 0.6) is 0 Å². The molecule has 0 aliphatic heterocycles. The molecule has 1 rings (SSSR count). The van der Waals surface area contributed by atoms with E-state index in [1.807, 2.05) is 0 Å². The highest BCUT2D eigenvalue weighted by atomic mass is 19.1. The molecule has 0 aliphatic carbocycles. The van der Waals surface area contributed by atoms with E-state index < -0.39 is 34.8 Å². The van der Waals surface area contributed by atoms with Crippen molar-refractivity contribution in [3.63, 3.8) is 0 Å². The minimum atomic E-state index is -2.35. The summed E-state index contributed by atoms with van der Waals surface area (Å²) in [5.41, 5.74) is -1.95. The Morgan fingerprint density at radius 3 is 2.36 bits per heavy atom. The molecule has 8 heteroatoms. The summed E-state index contributed by atoms with van der Waals surface area (Å²) in [6, 6.07) is 0.750. The minimum absolute atomic E-state index is 0.335. The van der Waals surface area contributed by atoms with E-state index in [9.17, 15) is 18.9 Å². The van der Waals surface area contributed by atoms with Crippen LogP contribution in [0.25, 0.3) is 0 Å². The molecule has 0 unspecified atom stereocenters. The van der Waals surface area contributed by atoms with Crippen molar-refractivity contribution in [3.8, 4) is 0 Å². The summed E-state index contributed by atoms with van der Waals surface area (Å²) in [6.45, 7) is 0. The second-order valence-corrected chi connectivity index (χ2v) is 2.45. The average Bonchev–Trinajstić information content (AvgIpc) is 2.01. The van der Waals surface area contributed by atoms with Gasteiger partial charge in [-0.05, 0) is 0 Å². The van der Waals surface area contributed by atoms with E-state index in [2.05, 4.69) is 0 Å². The van der Waals surface area contributed by atoms with Crippen molar-refractivity contribution < 1.29 is 23.8 Å². The number of nitro groups is 1. The normalized spacial score (nSPS) is 10.0. The summed E-state index contributed by atoms with van der Waals surface area (Å²) in [5, 5.41) is 27.5. The van der Waals surface area contributed by atoms with Gasteiger partial charge < -0.3 is 10.0 Å². The smallest absolute Gasteiger partial charge is 0.423 e. The van der Waals surface area contributed by atoms with E-state index >= 15 is 0 Å². The lowest BCUT2D eigenvalue weighted by molar-refractivity contribution is -0.384. The Hall–Kier alpha value is -1.54. The van der Waals surface area contributed by atoms with Crippen molar-refractivity contribution in [1.29, 1.82) is 0 Å². The predicted octanol–water partition coefficient (Wildman–Crippen LogP) is -0.447. The Morgan fingerprint density at radius 2 is 1.93 bits per heavy atom. The van der Waals surface area contributed by atoms with Gasteiger partial charge in [-0.1, -0.05) is 0 Å². The molecule has 0 saturated carbocycles. The highest BCUT2D eigenvalue weighted by molar-refractivity contribution is 6.60. The molecule has 0 spiro atoms. The van der Waals surface area contributed by atoms with Crippen LogP contribution in [0.4, 0.5) is 14.5 Å². The zero-order valence-corrected chi connectivity index (χ0v) is 6.65. The van der Waals surface area contributed by atoms with Crippen LogP contribution in [0.1, 0.15) is 0 Å². The Morgan fingerprint density at radius 1 is 1.36 bits per heavy atom. The molecule has 2 N–H and O–H groups in total. The lowest BCUT2D eigenvalue weighted by Crippen LogP contribution is -2.35. The van der Waals surface area contributed by atoms with Gasteiger partial charge in [-0.25, -0.2) is 8.78 Å². The highest BCUT2D eigenvalue weighted by Crippen LogP contribution is 2.13. The first-order chi connectivity index (χ1) is 6.43. The largest absolute Gasteiger partial charge is 0.498 e. The number of benzene rings is 1. The van der Waals surface area contributed by atoms with Gasteiger partial charge in [-0.2, -0.15) is 0 Å². The number of hydrogen-bond donors (Lipinski definition) is 2. The van der Waals surface area contributed by atoms with Gasteiger partial charge in [-0.15, -0.1) is 0 Å². The van der Waals surface area contributed by atoms with Gasteiger partial charge in [0.25, 0.3) is 5.69 Å². The van der Waals surface area contributed by atoms with Crippen molar-refractivity contribution in [3.05, 3.63) is 33.9 Å². The van der Waals surface area contributed by atoms with Crippen LogP contribution in [0.15, 0.2) is 12.1 Å². The van der Waals surface area contributed by atoms with E-state index in [0.717, 1.165) is 0 Å². The molecular weight excluding hydrogens is 199 g/mol. The second kappa shape index (κ2) is 3.68. The third-order valence-corrected chi connectivity index (χ3v) is 1.53. The van der Waals surface area contributed by atoms with Gasteiger partial charge in [0.05, 0.1) is 16.5 Å². The number of halogens is 2. The molecule has 0 atom stereocenters. The SMILES string of the molecule is O=[N+]([O-])c1cc(F)cc(F)c1B(O)O. The summed E-state index contributed by atoms with van der Waals surface area (Å²) >= 11 is 0. The zero-order chi connectivity index (χ0) is 10.9. The number of nitrogens with zero attached hydrogens (tertiary/aromatic N) is 1. The Balaban J connectivity index is 3.44. The van der Waals surface area contributed by atoms with Crippen LogP contribution in [-0.2, 0) is 0 Å². The van der Waals surface area contributed by atoms with Crippen molar-refractivity contribution in [2.45, 2.75) is 0 Å². The average molecular weight is 203 g/mol. The molecule has 5 nitrogen and oxygen atoms in total. The number of rotatable bonds is 2. The van der Waals surface area contributed by atoms with Crippen LogP contribution in [0, 0.1) is 21.7 Å². The van der Waals surface area contributed by atoms with Crippen LogP contribution < -0.4 is 5.46 Å². The maximum Gasteiger partial charge on any atom is 0.498 e. The van der Waals surface area contributed by atoms with Crippen molar-refractivity contribution in [2.75, 3.05) is 0 Å². The molecule has 14 heavy (non-hydrogen) atoms. The third-order valence-electron chi connectivity index (χ3n) is 1.53. The quantitative estimate of drug-likeness (QED) is 0.387. The second-order valence-electron chi connectivity index (χ2n) is 2.45. The summed E-state index contributed by atoms with van der Waals surface area (Å²) in [5.74, 6) is -2.52. The van der Waals surface area contributed by atoms with Gasteiger partial charge in [-0.3, -0.25) is 10.1 Å². The van der Waals surface area contributed by atoms with Crippen molar-refractivity contribution >= 4 is 18.3 Å². The number of nitro benzene ring substituents is 1. The molecule has 1 aromatic rings. The van der Waals surface area contributed by atoms with Crippen molar-refractivity contribution in [1.82, 2.24) is 0 Å². The van der Waals surface area contributed by atoms with E-state index in [1.165, 1.54) is 0 Å². The lowest BCUT2D eigenvalue weighted by Gasteiger charge is -2.02. The van der Waals surface area contributed by atoms with Crippen LogP contribution in [-0.4, -0.2) is 22.1 Å². The summed E-state index contributed by atoms with van der Waals surface area (Å²) in [4.78, 5) is 9.18. The molecule has 0 radical (unpaired) electrons. The van der Waals surface area contributed by atoms with Gasteiger partial charge in [0.15, 0.2) is 0 Å². The maximum absolute atomic E-state index is 12.9. The maximum atomic E-state index is 12.9. The van der Waals surface area contributed by atoms with E-state index in [0.29, 0.717) is 12.1 Å². The standard InChI is InChI=1S/C6H4BF2NO4/c8-3-1-4(9)6(7(11)12)5(2-3)10(13)14/h1-2,11-12H. The Bertz CT molecular complexity index is 384. The highest BCUT2D eigenvalue weighted by Gasteiger charge is 2.29. The fourth-order valence-corrected chi connectivity index (χ4v) is 0.978. The summed E-state index contributed by atoms with van der Waals surface area (Å²) in [7, 11) is -2.35.